The van der Waals surface area contributed by atoms with E-state index in [1.165, 1.54) is 6.33 Å². The number of H-pyrrole nitrogens is 1. The third kappa shape index (κ3) is 2.81. The molecule has 3 aromatic heterocycles. The first-order valence-corrected chi connectivity index (χ1v) is 8.27. The van der Waals surface area contributed by atoms with Crippen molar-refractivity contribution in [2.24, 2.45) is 0 Å². The Kier molecular flexibility index (Phi) is 3.84. The highest BCUT2D eigenvalue weighted by Gasteiger charge is 2.14. The average molecular weight is 338 g/mol. The van der Waals surface area contributed by atoms with Crippen LogP contribution < -0.4 is 4.74 Å². The molecule has 0 bridgehead atoms. The monoisotopic (exact) mass is 338 g/mol. The molecule has 120 valence electrons. The van der Waals surface area contributed by atoms with Crippen LogP contribution in [0.25, 0.3) is 22.2 Å². The number of aryl methyl sites for hydroxylation is 1. The number of nitrogens with zero attached hydrogens (tertiary/aromatic N) is 3. The molecule has 1 N–H and O–H groups in total. The van der Waals surface area contributed by atoms with E-state index in [2.05, 4.69) is 20.2 Å². The van der Waals surface area contributed by atoms with E-state index in [0.717, 1.165) is 21.9 Å². The molecule has 0 saturated heterocycles. The molecule has 0 radical (unpaired) electrons. The lowest BCUT2D eigenvalue weighted by molar-refractivity contribution is 0.300. The molecule has 0 unspecified atom stereocenters. The molecule has 24 heavy (non-hydrogen) atoms. The topological polar surface area (TPSA) is 76.8 Å². The fourth-order valence-electron chi connectivity index (χ4n) is 2.34. The van der Waals surface area contributed by atoms with Gasteiger partial charge in [0.25, 0.3) is 0 Å². The summed E-state index contributed by atoms with van der Waals surface area (Å²) < 4.78 is 11.7. The van der Waals surface area contributed by atoms with Crippen molar-refractivity contribution >= 4 is 11.3 Å². The van der Waals surface area contributed by atoms with Crippen molar-refractivity contribution in [1.29, 1.82) is 0 Å². The third-order valence-corrected chi connectivity index (χ3v) is 4.40. The van der Waals surface area contributed by atoms with Crippen LogP contribution in [0.15, 0.2) is 52.5 Å². The van der Waals surface area contributed by atoms with E-state index in [-0.39, 0.29) is 0 Å². The summed E-state index contributed by atoms with van der Waals surface area (Å²) in [4.78, 5) is 9.73. The first kappa shape index (κ1) is 14.6. The van der Waals surface area contributed by atoms with Crippen molar-refractivity contribution < 1.29 is 9.15 Å². The number of ether oxygens (including phenoxy) is 1. The van der Waals surface area contributed by atoms with Gasteiger partial charge in [0.15, 0.2) is 5.82 Å². The smallest absolute Gasteiger partial charge is 0.236 e. The van der Waals surface area contributed by atoms with Crippen LogP contribution in [0.5, 0.6) is 5.75 Å². The summed E-state index contributed by atoms with van der Waals surface area (Å²) in [5.74, 6) is 2.77. The first-order chi connectivity index (χ1) is 11.8. The Morgan fingerprint density at radius 2 is 2.12 bits per heavy atom. The minimum atomic E-state index is 0.325. The lowest BCUT2D eigenvalue weighted by atomic mass is 10.2. The molecule has 0 amide bonds. The second-order valence-corrected chi connectivity index (χ2v) is 6.07. The highest BCUT2D eigenvalue weighted by atomic mass is 32.1. The number of aromatic amines is 1. The number of benzene rings is 1. The SMILES string of the molecule is Cc1oc(-c2cccs2)nc1COc1ccccc1-c1ncn[nH]1. The Balaban J connectivity index is 1.56. The fraction of sp³-hybridized carbons (Fsp3) is 0.118. The van der Waals surface area contributed by atoms with Gasteiger partial charge in [-0.05, 0) is 30.5 Å². The summed E-state index contributed by atoms with van der Waals surface area (Å²) in [6.07, 6.45) is 1.47. The Labute approximate surface area is 142 Å². The average Bonchev–Trinajstić information content (AvgIpc) is 3.35. The van der Waals surface area contributed by atoms with E-state index in [1.54, 1.807) is 11.3 Å². The van der Waals surface area contributed by atoms with Crippen molar-refractivity contribution in [2.45, 2.75) is 13.5 Å². The number of oxazole rings is 1. The minimum absolute atomic E-state index is 0.325. The zero-order chi connectivity index (χ0) is 16.4. The van der Waals surface area contributed by atoms with Crippen molar-refractivity contribution in [3.8, 4) is 27.9 Å². The Morgan fingerprint density at radius 1 is 1.21 bits per heavy atom. The highest BCUT2D eigenvalue weighted by Crippen LogP contribution is 2.29. The third-order valence-electron chi connectivity index (χ3n) is 3.55. The van der Waals surface area contributed by atoms with Crippen LogP contribution in [-0.2, 0) is 6.61 Å². The summed E-state index contributed by atoms with van der Waals surface area (Å²) in [7, 11) is 0. The van der Waals surface area contributed by atoms with E-state index >= 15 is 0 Å². The lowest BCUT2D eigenvalue weighted by Gasteiger charge is -2.08. The molecule has 0 aliphatic carbocycles. The van der Waals surface area contributed by atoms with E-state index in [0.29, 0.717) is 24.1 Å². The summed E-state index contributed by atoms with van der Waals surface area (Å²) in [5, 5.41) is 8.74. The van der Waals surface area contributed by atoms with Crippen LogP contribution >= 0.6 is 11.3 Å². The molecule has 4 rings (SSSR count). The summed E-state index contributed by atoms with van der Waals surface area (Å²) in [6, 6.07) is 11.6. The van der Waals surface area contributed by atoms with Gasteiger partial charge in [0, 0.05) is 0 Å². The van der Waals surface area contributed by atoms with Gasteiger partial charge in [0.05, 0.1) is 10.4 Å². The predicted octanol–water partition coefficient (Wildman–Crippen LogP) is 4.08. The molecular formula is C17H14N4O2S. The van der Waals surface area contributed by atoms with Gasteiger partial charge in [-0.3, -0.25) is 5.10 Å². The summed E-state index contributed by atoms with van der Waals surface area (Å²) in [6.45, 7) is 2.22. The summed E-state index contributed by atoms with van der Waals surface area (Å²) >= 11 is 1.60. The minimum Gasteiger partial charge on any atom is -0.486 e. The zero-order valence-electron chi connectivity index (χ0n) is 12.9. The summed E-state index contributed by atoms with van der Waals surface area (Å²) in [5.41, 5.74) is 1.64. The van der Waals surface area contributed by atoms with Gasteiger partial charge >= 0.3 is 0 Å². The number of hydrogen-bond donors (Lipinski definition) is 1. The number of nitrogens with one attached hydrogen (secondary N) is 1. The van der Waals surface area contributed by atoms with Crippen LogP contribution in [0.2, 0.25) is 0 Å². The molecule has 3 heterocycles. The van der Waals surface area contributed by atoms with E-state index < -0.39 is 0 Å². The molecule has 0 fully saturated rings. The van der Waals surface area contributed by atoms with Gasteiger partial charge in [0.1, 0.15) is 30.1 Å². The Bertz CT molecular complexity index is 930. The van der Waals surface area contributed by atoms with Gasteiger partial charge in [0.2, 0.25) is 5.89 Å². The molecule has 0 aliphatic heterocycles. The quantitative estimate of drug-likeness (QED) is 0.593. The molecule has 7 heteroatoms. The predicted molar refractivity (Wildman–Crippen MR) is 90.7 cm³/mol. The fourth-order valence-corrected chi connectivity index (χ4v) is 2.99. The van der Waals surface area contributed by atoms with Crippen LogP contribution in [0.1, 0.15) is 11.5 Å². The van der Waals surface area contributed by atoms with E-state index in [1.807, 2.05) is 48.7 Å². The second kappa shape index (κ2) is 6.29. The maximum absolute atomic E-state index is 5.95. The number of para-hydroxylation sites is 1. The van der Waals surface area contributed by atoms with E-state index in [4.69, 9.17) is 9.15 Å². The molecular weight excluding hydrogens is 324 g/mol. The molecule has 0 atom stereocenters. The van der Waals surface area contributed by atoms with Crippen molar-refractivity contribution in [3.63, 3.8) is 0 Å². The molecule has 1 aromatic carbocycles. The largest absolute Gasteiger partial charge is 0.486 e. The Hall–Kier alpha value is -2.93. The van der Waals surface area contributed by atoms with Crippen molar-refractivity contribution in [2.75, 3.05) is 0 Å². The number of rotatable bonds is 5. The number of aromatic nitrogens is 4. The highest BCUT2D eigenvalue weighted by molar-refractivity contribution is 7.13. The lowest BCUT2D eigenvalue weighted by Crippen LogP contribution is -1.99. The first-order valence-electron chi connectivity index (χ1n) is 7.39. The van der Waals surface area contributed by atoms with Gasteiger partial charge in [-0.1, -0.05) is 18.2 Å². The maximum atomic E-state index is 5.95. The second-order valence-electron chi connectivity index (χ2n) is 5.12. The van der Waals surface area contributed by atoms with Crippen LogP contribution in [0, 0.1) is 6.92 Å². The van der Waals surface area contributed by atoms with Crippen molar-refractivity contribution in [3.05, 3.63) is 59.6 Å². The standard InChI is InChI=1S/C17H14N4O2S/c1-11-13(20-17(23-11)15-7-4-8-24-15)9-22-14-6-3-2-5-12(14)16-18-10-19-21-16/h2-8,10H,9H2,1H3,(H,18,19,21). The molecule has 4 aromatic rings. The van der Waals surface area contributed by atoms with Crippen LogP contribution in [0.3, 0.4) is 0 Å². The molecule has 6 nitrogen and oxygen atoms in total. The van der Waals surface area contributed by atoms with Gasteiger partial charge in [-0.2, -0.15) is 5.10 Å². The van der Waals surface area contributed by atoms with Crippen LogP contribution in [-0.4, -0.2) is 20.2 Å². The zero-order valence-corrected chi connectivity index (χ0v) is 13.7. The molecule has 0 saturated carbocycles. The molecule has 0 spiro atoms. The van der Waals surface area contributed by atoms with Gasteiger partial charge < -0.3 is 9.15 Å². The van der Waals surface area contributed by atoms with Gasteiger partial charge in [-0.15, -0.1) is 11.3 Å². The Morgan fingerprint density at radius 3 is 2.92 bits per heavy atom. The molecule has 0 aliphatic rings. The number of hydrogen-bond acceptors (Lipinski definition) is 6. The van der Waals surface area contributed by atoms with Crippen LogP contribution in [0.4, 0.5) is 0 Å². The normalized spacial score (nSPS) is 10.9. The maximum Gasteiger partial charge on any atom is 0.236 e. The van der Waals surface area contributed by atoms with Gasteiger partial charge in [-0.25, -0.2) is 9.97 Å². The number of thiophene rings is 1. The van der Waals surface area contributed by atoms with E-state index in [9.17, 15) is 0 Å². The van der Waals surface area contributed by atoms with Crippen molar-refractivity contribution in [1.82, 2.24) is 20.2 Å².